The molecule has 6 nitrogen and oxygen atoms in total. The Morgan fingerprint density at radius 2 is 2.08 bits per heavy atom. The number of para-hydroxylation sites is 1. The van der Waals surface area contributed by atoms with Gasteiger partial charge in [-0.2, -0.15) is 0 Å². The van der Waals surface area contributed by atoms with Crippen molar-refractivity contribution in [1.82, 2.24) is 4.98 Å². The van der Waals surface area contributed by atoms with Gasteiger partial charge in [0.25, 0.3) is 0 Å². The predicted molar refractivity (Wildman–Crippen MR) is 98.7 cm³/mol. The number of nitrogens with zero attached hydrogens (tertiary/aromatic N) is 2. The lowest BCUT2D eigenvalue weighted by Crippen LogP contribution is -2.30. The highest BCUT2D eigenvalue weighted by Gasteiger charge is 2.26. The second kappa shape index (κ2) is 7.34. The van der Waals surface area contributed by atoms with Gasteiger partial charge in [-0.3, -0.25) is 9.59 Å². The number of fused-ring (bicyclic) bond motifs is 1. The van der Waals surface area contributed by atoms with Crippen molar-refractivity contribution in [2.45, 2.75) is 19.3 Å². The monoisotopic (exact) mass is 338 g/mol. The molecule has 1 aromatic heterocycles. The van der Waals surface area contributed by atoms with Crippen LogP contribution in [0.1, 0.15) is 18.4 Å². The number of aromatic nitrogens is 1. The third-order valence-electron chi connectivity index (χ3n) is 4.32. The Morgan fingerprint density at radius 3 is 2.80 bits per heavy atom. The van der Waals surface area contributed by atoms with Gasteiger partial charge in [0, 0.05) is 32.1 Å². The van der Waals surface area contributed by atoms with Gasteiger partial charge in [0.15, 0.2) is 0 Å². The second-order valence-electron chi connectivity index (χ2n) is 6.43. The number of hydrogen-bond donors (Lipinski definition) is 2. The van der Waals surface area contributed by atoms with Crippen LogP contribution in [-0.4, -0.2) is 30.9 Å². The lowest BCUT2D eigenvalue weighted by atomic mass is 9.89. The standard InChI is InChI=1S/C19H22N4O2/c1-23(2)17-9-8-15(12-20-17)21-18(24)10-7-14-11-13-5-3-4-6-16(13)22-19(14)25/h3-6,8-9,12,14H,7,10-11H2,1-2H3,(H,21,24)(H,22,25)/t14-/m0/s1. The molecule has 2 heterocycles. The zero-order chi connectivity index (χ0) is 17.8. The molecule has 2 N–H and O–H groups in total. The molecule has 0 spiro atoms. The van der Waals surface area contributed by atoms with Gasteiger partial charge < -0.3 is 15.5 Å². The fourth-order valence-electron chi connectivity index (χ4n) is 2.90. The van der Waals surface area contributed by atoms with E-state index in [4.69, 9.17) is 0 Å². The quantitative estimate of drug-likeness (QED) is 0.879. The van der Waals surface area contributed by atoms with Crippen molar-refractivity contribution in [1.29, 1.82) is 0 Å². The van der Waals surface area contributed by atoms with Crippen molar-refractivity contribution < 1.29 is 9.59 Å². The van der Waals surface area contributed by atoms with Gasteiger partial charge in [-0.15, -0.1) is 0 Å². The van der Waals surface area contributed by atoms with Crippen LogP contribution in [0.5, 0.6) is 0 Å². The number of rotatable bonds is 5. The number of nitrogens with one attached hydrogen (secondary N) is 2. The molecule has 1 aliphatic rings. The number of amides is 2. The van der Waals surface area contributed by atoms with Crippen molar-refractivity contribution in [2.75, 3.05) is 29.6 Å². The fourth-order valence-corrected chi connectivity index (χ4v) is 2.90. The minimum absolute atomic E-state index is 0.0106. The highest BCUT2D eigenvalue weighted by Crippen LogP contribution is 2.27. The maximum atomic E-state index is 12.2. The Bertz CT molecular complexity index is 771. The number of anilines is 3. The first-order valence-corrected chi connectivity index (χ1v) is 8.35. The third kappa shape index (κ3) is 4.15. The van der Waals surface area contributed by atoms with Crippen molar-refractivity contribution in [3.05, 3.63) is 48.2 Å². The summed E-state index contributed by atoms with van der Waals surface area (Å²) in [5.41, 5.74) is 2.66. The highest BCUT2D eigenvalue weighted by atomic mass is 16.2. The van der Waals surface area contributed by atoms with E-state index in [1.165, 1.54) is 0 Å². The Morgan fingerprint density at radius 1 is 1.28 bits per heavy atom. The van der Waals surface area contributed by atoms with Gasteiger partial charge >= 0.3 is 0 Å². The molecule has 2 amide bonds. The topological polar surface area (TPSA) is 74.3 Å². The molecule has 1 atom stereocenters. The Balaban J connectivity index is 1.53. The van der Waals surface area contributed by atoms with Crippen molar-refractivity contribution in [3.8, 4) is 0 Å². The fraction of sp³-hybridized carbons (Fsp3) is 0.316. The predicted octanol–water partition coefficient (Wildman–Crippen LogP) is 2.68. The van der Waals surface area contributed by atoms with Crippen LogP contribution >= 0.6 is 0 Å². The summed E-state index contributed by atoms with van der Waals surface area (Å²) in [5, 5.41) is 5.74. The van der Waals surface area contributed by atoms with Gasteiger partial charge in [-0.25, -0.2) is 4.98 Å². The van der Waals surface area contributed by atoms with Crippen LogP contribution in [0, 0.1) is 5.92 Å². The van der Waals surface area contributed by atoms with E-state index < -0.39 is 0 Å². The number of hydrogen-bond acceptors (Lipinski definition) is 4. The number of pyridine rings is 1. The van der Waals surface area contributed by atoms with Gasteiger partial charge in [0.05, 0.1) is 11.9 Å². The molecule has 2 aromatic rings. The summed E-state index contributed by atoms with van der Waals surface area (Å²) in [4.78, 5) is 30.5. The second-order valence-corrected chi connectivity index (χ2v) is 6.43. The molecule has 25 heavy (non-hydrogen) atoms. The minimum Gasteiger partial charge on any atom is -0.363 e. The van der Waals surface area contributed by atoms with Gasteiger partial charge in [-0.05, 0) is 36.6 Å². The van der Waals surface area contributed by atoms with E-state index in [1.807, 2.05) is 55.4 Å². The summed E-state index contributed by atoms with van der Waals surface area (Å²) in [7, 11) is 3.82. The average Bonchev–Trinajstić information content (AvgIpc) is 2.60. The first kappa shape index (κ1) is 17.0. The Labute approximate surface area is 147 Å². The van der Waals surface area contributed by atoms with Crippen LogP contribution in [0.25, 0.3) is 0 Å². The minimum atomic E-state index is -0.171. The summed E-state index contributed by atoms with van der Waals surface area (Å²) >= 11 is 0. The third-order valence-corrected chi connectivity index (χ3v) is 4.32. The van der Waals surface area contributed by atoms with Crippen LogP contribution in [0.15, 0.2) is 42.6 Å². The average molecular weight is 338 g/mol. The normalized spacial score (nSPS) is 15.9. The molecule has 0 unspecified atom stereocenters. The summed E-state index contributed by atoms with van der Waals surface area (Å²) in [6, 6.07) is 11.5. The maximum Gasteiger partial charge on any atom is 0.227 e. The summed E-state index contributed by atoms with van der Waals surface area (Å²) in [6.07, 6.45) is 3.13. The van der Waals surface area contributed by atoms with Gasteiger partial charge in [0.1, 0.15) is 5.82 Å². The summed E-state index contributed by atoms with van der Waals surface area (Å²) in [6.45, 7) is 0. The van der Waals surface area contributed by atoms with E-state index in [-0.39, 0.29) is 17.7 Å². The molecule has 0 radical (unpaired) electrons. The summed E-state index contributed by atoms with van der Waals surface area (Å²) < 4.78 is 0. The molecule has 0 saturated heterocycles. The molecule has 6 heteroatoms. The maximum absolute atomic E-state index is 12.2. The molecule has 0 fully saturated rings. The zero-order valence-electron chi connectivity index (χ0n) is 14.5. The lowest BCUT2D eigenvalue weighted by Gasteiger charge is -2.24. The van der Waals surface area contributed by atoms with E-state index in [2.05, 4.69) is 15.6 Å². The molecule has 0 saturated carbocycles. The number of carbonyl (C=O) groups is 2. The van der Waals surface area contributed by atoms with Gasteiger partial charge in [0.2, 0.25) is 11.8 Å². The van der Waals surface area contributed by atoms with Crippen molar-refractivity contribution >= 4 is 29.0 Å². The molecule has 0 bridgehead atoms. The van der Waals surface area contributed by atoms with E-state index >= 15 is 0 Å². The molecule has 0 aliphatic carbocycles. The Kier molecular flexibility index (Phi) is 4.97. The molecule has 1 aliphatic heterocycles. The summed E-state index contributed by atoms with van der Waals surface area (Å²) in [5.74, 6) is 0.542. The highest BCUT2D eigenvalue weighted by molar-refractivity contribution is 5.96. The van der Waals surface area contributed by atoms with Crippen LogP contribution in [0.2, 0.25) is 0 Å². The number of benzene rings is 1. The van der Waals surface area contributed by atoms with Crippen LogP contribution in [0.3, 0.4) is 0 Å². The van der Waals surface area contributed by atoms with E-state index in [0.29, 0.717) is 24.9 Å². The molecular weight excluding hydrogens is 316 g/mol. The zero-order valence-corrected chi connectivity index (χ0v) is 14.5. The smallest absolute Gasteiger partial charge is 0.227 e. The molecule has 3 rings (SSSR count). The first-order chi connectivity index (χ1) is 12.0. The molecule has 130 valence electrons. The van der Waals surface area contributed by atoms with E-state index in [1.54, 1.807) is 6.20 Å². The molecule has 1 aromatic carbocycles. The van der Waals surface area contributed by atoms with Gasteiger partial charge in [-0.1, -0.05) is 18.2 Å². The first-order valence-electron chi connectivity index (χ1n) is 8.35. The number of carbonyl (C=O) groups excluding carboxylic acids is 2. The van der Waals surface area contributed by atoms with Crippen LogP contribution < -0.4 is 15.5 Å². The van der Waals surface area contributed by atoms with E-state index in [0.717, 1.165) is 17.1 Å². The molecular formula is C19H22N4O2. The largest absolute Gasteiger partial charge is 0.363 e. The Hall–Kier alpha value is -2.89. The van der Waals surface area contributed by atoms with E-state index in [9.17, 15) is 9.59 Å². The SMILES string of the molecule is CN(C)c1ccc(NC(=O)CC[C@H]2Cc3ccccc3NC2=O)cn1. The van der Waals surface area contributed by atoms with Crippen LogP contribution in [0.4, 0.5) is 17.2 Å². The van der Waals surface area contributed by atoms with Crippen molar-refractivity contribution in [3.63, 3.8) is 0 Å². The van der Waals surface area contributed by atoms with Crippen molar-refractivity contribution in [2.24, 2.45) is 5.92 Å². The van der Waals surface area contributed by atoms with Crippen LogP contribution in [-0.2, 0) is 16.0 Å². The lowest BCUT2D eigenvalue weighted by molar-refractivity contribution is -0.121.